The minimum Gasteiger partial charge on any atom is -0.481 e. The van der Waals surface area contributed by atoms with E-state index < -0.39 is 12.1 Å². The standard InChI is InChI=1S/C28H40N4O4/c1-4-5-12-30-27(34)19(2)14-24(33)23-16-21-11-8-10-20(15-21)9-6-7-13-29-25-17-22(28(35)31-23)18-26(32-25)36-3/h8,10-11,15,17-19,23-24,33H,4-7,9,12-14,16H2,1-3H3,(H,29,32)(H,30,34)(H,31,35)/t19-,23+,24+/m1/s1. The van der Waals surface area contributed by atoms with Crippen LogP contribution in [0.15, 0.2) is 36.4 Å². The highest BCUT2D eigenvalue weighted by Crippen LogP contribution is 2.20. The Labute approximate surface area is 214 Å². The van der Waals surface area contributed by atoms with Crippen LogP contribution in [0.3, 0.4) is 0 Å². The Morgan fingerprint density at radius 2 is 2.06 bits per heavy atom. The van der Waals surface area contributed by atoms with Crippen molar-refractivity contribution in [2.75, 3.05) is 25.5 Å². The summed E-state index contributed by atoms with van der Waals surface area (Å²) in [5.41, 5.74) is 2.67. The predicted molar refractivity (Wildman–Crippen MR) is 141 cm³/mol. The summed E-state index contributed by atoms with van der Waals surface area (Å²) in [6.07, 6.45) is 4.64. The number of hydrogen-bond donors (Lipinski definition) is 4. The molecule has 36 heavy (non-hydrogen) atoms. The average Bonchev–Trinajstić information content (AvgIpc) is 2.87. The predicted octanol–water partition coefficient (Wildman–Crippen LogP) is 3.48. The van der Waals surface area contributed by atoms with Crippen LogP contribution in [0.1, 0.15) is 67.4 Å². The number of fused-ring (bicyclic) bond motifs is 4. The first kappa shape index (κ1) is 27.5. The molecule has 196 valence electrons. The van der Waals surface area contributed by atoms with Crippen LogP contribution >= 0.6 is 0 Å². The molecule has 0 radical (unpaired) electrons. The Kier molecular flexibility index (Phi) is 10.5. The fourth-order valence-corrected chi connectivity index (χ4v) is 4.40. The van der Waals surface area contributed by atoms with Gasteiger partial charge in [-0.15, -0.1) is 0 Å². The van der Waals surface area contributed by atoms with Gasteiger partial charge >= 0.3 is 0 Å². The van der Waals surface area contributed by atoms with Gasteiger partial charge in [0.25, 0.3) is 5.91 Å². The normalized spacial score (nSPS) is 18.0. The monoisotopic (exact) mass is 496 g/mol. The van der Waals surface area contributed by atoms with Crippen molar-refractivity contribution in [1.29, 1.82) is 0 Å². The summed E-state index contributed by atoms with van der Waals surface area (Å²) < 4.78 is 5.31. The van der Waals surface area contributed by atoms with Crippen LogP contribution < -0.4 is 20.7 Å². The van der Waals surface area contributed by atoms with Crippen LogP contribution in [0.2, 0.25) is 0 Å². The second kappa shape index (κ2) is 13.8. The number of aryl methyl sites for hydroxylation is 1. The number of nitrogens with zero attached hydrogens (tertiary/aromatic N) is 1. The summed E-state index contributed by atoms with van der Waals surface area (Å²) in [5, 5.41) is 20.4. The van der Waals surface area contributed by atoms with Crippen molar-refractivity contribution in [3.05, 3.63) is 53.1 Å². The summed E-state index contributed by atoms with van der Waals surface area (Å²) in [7, 11) is 1.52. The maximum Gasteiger partial charge on any atom is 0.251 e. The van der Waals surface area contributed by atoms with E-state index in [4.69, 9.17) is 4.74 Å². The Morgan fingerprint density at radius 1 is 1.25 bits per heavy atom. The highest BCUT2D eigenvalue weighted by Gasteiger charge is 2.27. The van der Waals surface area contributed by atoms with E-state index in [0.29, 0.717) is 30.2 Å². The van der Waals surface area contributed by atoms with Gasteiger partial charge in [-0.25, -0.2) is 0 Å². The molecular weight excluding hydrogens is 456 g/mol. The van der Waals surface area contributed by atoms with Crippen molar-refractivity contribution in [1.82, 2.24) is 15.6 Å². The van der Waals surface area contributed by atoms with Gasteiger partial charge in [0.2, 0.25) is 11.8 Å². The molecule has 2 aromatic rings. The Balaban J connectivity index is 1.84. The number of aliphatic hydroxyl groups excluding tert-OH is 1. The second-order valence-corrected chi connectivity index (χ2v) is 9.62. The van der Waals surface area contributed by atoms with Crippen molar-refractivity contribution in [2.24, 2.45) is 5.92 Å². The number of hydrogen-bond acceptors (Lipinski definition) is 6. The first-order chi connectivity index (χ1) is 17.4. The van der Waals surface area contributed by atoms with Crippen molar-refractivity contribution in [3.63, 3.8) is 0 Å². The molecule has 1 aliphatic heterocycles. The molecule has 3 rings (SSSR count). The molecule has 4 bridgehead atoms. The van der Waals surface area contributed by atoms with Crippen LogP contribution in [0.25, 0.3) is 0 Å². The quantitative estimate of drug-likeness (QED) is 0.416. The van der Waals surface area contributed by atoms with E-state index >= 15 is 0 Å². The summed E-state index contributed by atoms with van der Waals surface area (Å²) in [6.45, 7) is 5.25. The van der Waals surface area contributed by atoms with Gasteiger partial charge in [0.1, 0.15) is 5.82 Å². The molecule has 2 heterocycles. The minimum atomic E-state index is -0.901. The first-order valence-corrected chi connectivity index (χ1v) is 13.0. The fourth-order valence-electron chi connectivity index (χ4n) is 4.40. The van der Waals surface area contributed by atoms with Gasteiger partial charge in [-0.2, -0.15) is 4.98 Å². The zero-order valence-corrected chi connectivity index (χ0v) is 21.7. The number of carbonyl (C=O) groups excluding carboxylic acids is 2. The van der Waals surface area contributed by atoms with Gasteiger partial charge in [-0.1, -0.05) is 44.5 Å². The second-order valence-electron chi connectivity index (χ2n) is 9.62. The molecule has 1 aromatic carbocycles. The first-order valence-electron chi connectivity index (χ1n) is 13.0. The van der Waals surface area contributed by atoms with Gasteiger partial charge in [0.05, 0.1) is 19.3 Å². The number of anilines is 1. The molecule has 1 aliphatic rings. The van der Waals surface area contributed by atoms with Gasteiger partial charge in [-0.05, 0) is 55.7 Å². The number of benzene rings is 1. The number of methoxy groups -OCH3 is 1. The third-order valence-electron chi connectivity index (χ3n) is 6.57. The molecule has 1 aromatic heterocycles. The number of rotatable bonds is 8. The van der Waals surface area contributed by atoms with E-state index in [0.717, 1.165) is 44.2 Å². The zero-order chi connectivity index (χ0) is 25.9. The average molecular weight is 497 g/mol. The lowest BCUT2D eigenvalue weighted by Crippen LogP contribution is -2.46. The lowest BCUT2D eigenvalue weighted by atomic mass is 9.92. The maximum atomic E-state index is 13.3. The molecule has 0 saturated carbocycles. The SMILES string of the molecule is CCCCNC(=O)[C@H](C)C[C@H](O)[C@@H]1Cc2cccc(c2)CCCCNc2cc(cc(OC)n2)C(=O)N1. The molecule has 3 atom stereocenters. The topological polar surface area (TPSA) is 113 Å². The smallest absolute Gasteiger partial charge is 0.251 e. The Morgan fingerprint density at radius 3 is 2.83 bits per heavy atom. The molecule has 8 heteroatoms. The zero-order valence-electron chi connectivity index (χ0n) is 21.7. The van der Waals surface area contributed by atoms with E-state index in [-0.39, 0.29) is 24.2 Å². The number of carbonyl (C=O) groups is 2. The highest BCUT2D eigenvalue weighted by molar-refractivity contribution is 5.95. The molecule has 2 amide bonds. The number of aromatic nitrogens is 1. The number of nitrogens with one attached hydrogen (secondary N) is 3. The number of pyridine rings is 1. The third kappa shape index (κ3) is 8.22. The van der Waals surface area contributed by atoms with E-state index in [2.05, 4.69) is 40.0 Å². The van der Waals surface area contributed by atoms with E-state index in [1.807, 2.05) is 19.1 Å². The van der Waals surface area contributed by atoms with Crippen molar-refractivity contribution >= 4 is 17.6 Å². The van der Waals surface area contributed by atoms with E-state index in [1.165, 1.54) is 12.7 Å². The number of ether oxygens (including phenoxy) is 1. The number of unbranched alkanes of at least 4 members (excludes halogenated alkanes) is 1. The molecular formula is C28H40N4O4. The van der Waals surface area contributed by atoms with Gasteiger partial charge in [-0.3, -0.25) is 9.59 Å². The molecule has 0 spiro atoms. The summed E-state index contributed by atoms with van der Waals surface area (Å²) in [4.78, 5) is 30.2. The number of amides is 2. The van der Waals surface area contributed by atoms with Crippen LogP contribution in [-0.2, 0) is 17.6 Å². The lowest BCUT2D eigenvalue weighted by molar-refractivity contribution is -0.125. The molecule has 0 fully saturated rings. The summed E-state index contributed by atoms with van der Waals surface area (Å²) >= 11 is 0. The molecule has 0 unspecified atom stereocenters. The molecule has 0 saturated heterocycles. The van der Waals surface area contributed by atoms with Crippen molar-refractivity contribution < 1.29 is 19.4 Å². The molecule has 8 nitrogen and oxygen atoms in total. The van der Waals surface area contributed by atoms with Crippen molar-refractivity contribution in [3.8, 4) is 5.88 Å². The lowest BCUT2D eigenvalue weighted by Gasteiger charge is -2.26. The van der Waals surface area contributed by atoms with Gasteiger partial charge < -0.3 is 25.8 Å². The van der Waals surface area contributed by atoms with Crippen molar-refractivity contribution in [2.45, 2.75) is 70.9 Å². The summed E-state index contributed by atoms with van der Waals surface area (Å²) in [6, 6.07) is 11.0. The van der Waals surface area contributed by atoms with Gasteiger partial charge in [0, 0.05) is 30.6 Å². The van der Waals surface area contributed by atoms with Gasteiger partial charge in [0.15, 0.2) is 0 Å². The molecule has 0 aliphatic carbocycles. The van der Waals surface area contributed by atoms with E-state index in [1.54, 1.807) is 12.1 Å². The third-order valence-corrected chi connectivity index (χ3v) is 6.57. The number of aliphatic hydroxyl groups is 1. The largest absolute Gasteiger partial charge is 0.481 e. The highest BCUT2D eigenvalue weighted by atomic mass is 16.5. The van der Waals surface area contributed by atoms with Crippen LogP contribution in [0, 0.1) is 5.92 Å². The Hall–Kier alpha value is -3.13. The maximum absolute atomic E-state index is 13.3. The van der Waals surface area contributed by atoms with Crippen LogP contribution in [-0.4, -0.2) is 54.2 Å². The summed E-state index contributed by atoms with van der Waals surface area (Å²) in [5.74, 6) is 0.130. The molecule has 4 N–H and O–H groups in total. The van der Waals surface area contributed by atoms with Crippen LogP contribution in [0.5, 0.6) is 5.88 Å². The minimum absolute atomic E-state index is 0.0810. The Bertz CT molecular complexity index is 1010. The van der Waals surface area contributed by atoms with E-state index in [9.17, 15) is 14.7 Å². The van der Waals surface area contributed by atoms with Crippen LogP contribution in [0.4, 0.5) is 5.82 Å². The fraction of sp³-hybridized carbons (Fsp3) is 0.536.